The Morgan fingerprint density at radius 2 is 2.04 bits per heavy atom. The van der Waals surface area contributed by atoms with Crippen LogP contribution in [0.4, 0.5) is 5.69 Å². The molecule has 8 nitrogen and oxygen atoms in total. The number of benzene rings is 1. The Morgan fingerprint density at radius 3 is 2.62 bits per heavy atom. The molecule has 2 rings (SSSR count). The van der Waals surface area contributed by atoms with Gasteiger partial charge in [-0.15, -0.1) is 0 Å². The van der Waals surface area contributed by atoms with Gasteiger partial charge in [-0.2, -0.15) is 5.10 Å². The third kappa shape index (κ3) is 5.05. The minimum atomic E-state index is -0.340. The summed E-state index contributed by atoms with van der Waals surface area (Å²) in [5.74, 6) is 5.31. The van der Waals surface area contributed by atoms with E-state index in [4.69, 9.17) is 10.6 Å². The minimum absolute atomic E-state index is 0.0761. The molecule has 1 aliphatic carbocycles. The Kier molecular flexibility index (Phi) is 6.71. The predicted molar refractivity (Wildman–Crippen MR) is 101 cm³/mol. The van der Waals surface area contributed by atoms with Crippen molar-refractivity contribution in [1.82, 2.24) is 10.6 Å². The van der Waals surface area contributed by atoms with Crippen LogP contribution in [0.3, 0.4) is 0 Å². The Balaban J connectivity index is 2.28. The molecule has 1 saturated carbocycles. The molecule has 1 fully saturated rings. The van der Waals surface area contributed by atoms with Crippen LogP contribution in [0.5, 0.6) is 5.75 Å². The second kappa shape index (κ2) is 8.98. The average molecular weight is 359 g/mol. The molecule has 0 spiro atoms. The summed E-state index contributed by atoms with van der Waals surface area (Å²) in [5.41, 5.74) is 1.42. The number of rotatable bonds is 8. The number of hydrogen-bond donors (Lipinski definition) is 3. The molecule has 1 aliphatic rings. The third-order valence-electron chi connectivity index (χ3n) is 3.75. The zero-order valence-corrected chi connectivity index (χ0v) is 15.3. The van der Waals surface area contributed by atoms with Crippen LogP contribution in [0.15, 0.2) is 28.3 Å². The molecule has 0 heterocycles. The zero-order chi connectivity index (χ0) is 19.1. The van der Waals surface area contributed by atoms with Gasteiger partial charge < -0.3 is 21.2 Å². The summed E-state index contributed by atoms with van der Waals surface area (Å²) in [6.07, 6.45) is 1.94. The molecule has 8 heteroatoms. The van der Waals surface area contributed by atoms with Crippen molar-refractivity contribution >= 4 is 28.9 Å². The van der Waals surface area contributed by atoms with Crippen LogP contribution in [0.2, 0.25) is 0 Å². The number of ether oxygens (including phenoxy) is 1. The molecule has 26 heavy (non-hydrogen) atoms. The van der Waals surface area contributed by atoms with E-state index in [0.29, 0.717) is 35.9 Å². The van der Waals surface area contributed by atoms with Crippen molar-refractivity contribution in [2.75, 3.05) is 13.2 Å². The Hall–Kier alpha value is -2.90. The highest BCUT2D eigenvalue weighted by molar-refractivity contribution is 6.66. The Labute approximate surface area is 152 Å². The maximum Gasteiger partial charge on any atom is 0.273 e. The maximum atomic E-state index is 12.2. The molecule has 0 aliphatic heterocycles. The van der Waals surface area contributed by atoms with E-state index in [1.165, 1.54) is 0 Å². The van der Waals surface area contributed by atoms with Gasteiger partial charge in [0.25, 0.3) is 11.8 Å². The van der Waals surface area contributed by atoms with Gasteiger partial charge in [0.05, 0.1) is 12.3 Å². The van der Waals surface area contributed by atoms with Crippen molar-refractivity contribution in [1.29, 1.82) is 0 Å². The predicted octanol–water partition coefficient (Wildman–Crippen LogP) is 1.52. The SMILES string of the molecule is CCNC(=O)c1ccc(N=C(C)C(=NN)C(=O)NC2CC2)c(OCC)c1. The summed E-state index contributed by atoms with van der Waals surface area (Å²) in [7, 11) is 0. The highest BCUT2D eigenvalue weighted by atomic mass is 16.5. The number of hydrogen-bond acceptors (Lipinski definition) is 6. The fraction of sp³-hybridized carbons (Fsp3) is 0.444. The molecule has 4 N–H and O–H groups in total. The van der Waals surface area contributed by atoms with Gasteiger partial charge in [0.1, 0.15) is 11.4 Å². The highest BCUT2D eigenvalue weighted by Crippen LogP contribution is 2.29. The molecule has 0 aromatic heterocycles. The lowest BCUT2D eigenvalue weighted by atomic mass is 10.1. The van der Waals surface area contributed by atoms with Gasteiger partial charge in [0.2, 0.25) is 0 Å². The summed E-state index contributed by atoms with van der Waals surface area (Å²) in [6.45, 7) is 6.30. The number of nitrogens with zero attached hydrogens (tertiary/aromatic N) is 2. The minimum Gasteiger partial charge on any atom is -0.492 e. The molecule has 0 atom stereocenters. The number of carbonyl (C=O) groups excluding carboxylic acids is 2. The van der Waals surface area contributed by atoms with Gasteiger partial charge in [0.15, 0.2) is 5.71 Å². The van der Waals surface area contributed by atoms with E-state index in [1.807, 2.05) is 13.8 Å². The van der Waals surface area contributed by atoms with Gasteiger partial charge in [0, 0.05) is 18.2 Å². The van der Waals surface area contributed by atoms with E-state index in [2.05, 4.69) is 20.7 Å². The standard InChI is InChI=1S/C18H25N5O3/c1-4-20-17(24)12-6-9-14(15(10-12)26-5-2)21-11(3)16(23-19)18(25)22-13-7-8-13/h6,9-10,13H,4-5,7-8,19H2,1-3H3,(H,20,24)(H,22,25). The number of nitrogens with two attached hydrogens (primary N) is 1. The molecular weight excluding hydrogens is 334 g/mol. The van der Waals surface area contributed by atoms with Crippen LogP contribution in [-0.4, -0.2) is 42.4 Å². The monoisotopic (exact) mass is 359 g/mol. The van der Waals surface area contributed by atoms with Gasteiger partial charge in [-0.05, 0) is 51.8 Å². The molecule has 140 valence electrons. The number of carbonyl (C=O) groups is 2. The first-order chi connectivity index (χ1) is 12.5. The molecule has 1 aromatic rings. The quantitative estimate of drug-likeness (QED) is 0.370. The summed E-state index contributed by atoms with van der Waals surface area (Å²) in [4.78, 5) is 28.6. The summed E-state index contributed by atoms with van der Waals surface area (Å²) in [6, 6.07) is 5.15. The second-order valence-corrected chi connectivity index (χ2v) is 5.90. The lowest BCUT2D eigenvalue weighted by Crippen LogP contribution is -2.37. The van der Waals surface area contributed by atoms with Crippen molar-refractivity contribution in [2.45, 2.75) is 39.7 Å². The van der Waals surface area contributed by atoms with Crippen LogP contribution in [0.1, 0.15) is 44.0 Å². The number of amides is 2. The van der Waals surface area contributed by atoms with Crippen LogP contribution in [0, 0.1) is 0 Å². The van der Waals surface area contributed by atoms with Gasteiger partial charge >= 0.3 is 0 Å². The fourth-order valence-electron chi connectivity index (χ4n) is 2.31. The van der Waals surface area contributed by atoms with E-state index < -0.39 is 0 Å². The van der Waals surface area contributed by atoms with Gasteiger partial charge in [-0.1, -0.05) is 0 Å². The van der Waals surface area contributed by atoms with Crippen LogP contribution in [-0.2, 0) is 4.79 Å². The average Bonchev–Trinajstić information content (AvgIpc) is 3.41. The molecule has 2 amide bonds. The van der Waals surface area contributed by atoms with Gasteiger partial charge in [-0.25, -0.2) is 4.99 Å². The first kappa shape index (κ1) is 19.4. The van der Waals surface area contributed by atoms with E-state index in [9.17, 15) is 9.59 Å². The Bertz CT molecular complexity index is 738. The molecule has 0 saturated heterocycles. The summed E-state index contributed by atoms with van der Waals surface area (Å²) < 4.78 is 5.60. The van der Waals surface area contributed by atoms with Crippen molar-refractivity contribution in [3.8, 4) is 5.75 Å². The summed E-state index contributed by atoms with van der Waals surface area (Å²) >= 11 is 0. The number of nitrogens with one attached hydrogen (secondary N) is 2. The lowest BCUT2D eigenvalue weighted by Gasteiger charge is -2.11. The zero-order valence-electron chi connectivity index (χ0n) is 15.3. The van der Waals surface area contributed by atoms with E-state index in [-0.39, 0.29) is 23.6 Å². The highest BCUT2D eigenvalue weighted by Gasteiger charge is 2.26. The molecule has 0 radical (unpaired) electrons. The summed E-state index contributed by atoms with van der Waals surface area (Å²) in [5, 5.41) is 9.15. The fourth-order valence-corrected chi connectivity index (χ4v) is 2.31. The van der Waals surface area contributed by atoms with E-state index in [0.717, 1.165) is 12.8 Å². The molecular formula is C18H25N5O3. The van der Waals surface area contributed by atoms with Crippen molar-refractivity contribution in [2.24, 2.45) is 15.9 Å². The normalized spacial score (nSPS) is 14.7. The topological polar surface area (TPSA) is 118 Å². The van der Waals surface area contributed by atoms with Crippen molar-refractivity contribution < 1.29 is 14.3 Å². The molecule has 0 unspecified atom stereocenters. The van der Waals surface area contributed by atoms with Gasteiger partial charge in [-0.3, -0.25) is 9.59 Å². The smallest absolute Gasteiger partial charge is 0.273 e. The lowest BCUT2D eigenvalue weighted by molar-refractivity contribution is -0.114. The number of hydrazone groups is 1. The molecule has 0 bridgehead atoms. The van der Waals surface area contributed by atoms with Crippen LogP contribution >= 0.6 is 0 Å². The molecule has 1 aromatic carbocycles. The first-order valence-electron chi connectivity index (χ1n) is 8.69. The first-order valence-corrected chi connectivity index (χ1v) is 8.69. The third-order valence-corrected chi connectivity index (χ3v) is 3.75. The van der Waals surface area contributed by atoms with Crippen molar-refractivity contribution in [3.05, 3.63) is 23.8 Å². The second-order valence-electron chi connectivity index (χ2n) is 5.90. The Morgan fingerprint density at radius 1 is 1.31 bits per heavy atom. The largest absolute Gasteiger partial charge is 0.492 e. The van der Waals surface area contributed by atoms with E-state index >= 15 is 0 Å². The van der Waals surface area contributed by atoms with Crippen LogP contribution in [0.25, 0.3) is 0 Å². The maximum absolute atomic E-state index is 12.2. The van der Waals surface area contributed by atoms with E-state index in [1.54, 1.807) is 25.1 Å². The van der Waals surface area contributed by atoms with Crippen LogP contribution < -0.4 is 21.2 Å². The van der Waals surface area contributed by atoms with Crippen molar-refractivity contribution in [3.63, 3.8) is 0 Å². The number of aliphatic imine (C=N–C) groups is 1.